The van der Waals surface area contributed by atoms with E-state index in [1.54, 1.807) is 44.7 Å². The molecule has 1 aromatic heterocycles. The minimum atomic E-state index is -1.52. The molecule has 2 fully saturated rings. The minimum absolute atomic E-state index is 0.0637. The predicted molar refractivity (Wildman–Crippen MR) is 255 cm³/mol. The molecule has 5 heterocycles. The molecule has 364 valence electrons. The van der Waals surface area contributed by atoms with Gasteiger partial charge in [-0.05, 0) is 88.8 Å². The fourth-order valence-corrected chi connectivity index (χ4v) is 10.3. The van der Waals surface area contributed by atoms with Crippen LogP contribution < -0.4 is 28.7 Å². The van der Waals surface area contributed by atoms with Gasteiger partial charge in [0.15, 0.2) is 29.2 Å². The number of carbonyl (C=O) groups is 4. The van der Waals surface area contributed by atoms with Crippen LogP contribution in [-0.4, -0.2) is 132 Å². The quantitative estimate of drug-likeness (QED) is 0.0473. The van der Waals surface area contributed by atoms with E-state index in [1.165, 1.54) is 76.1 Å². The molecule has 7 rings (SSSR count). The van der Waals surface area contributed by atoms with Crippen molar-refractivity contribution < 1.29 is 57.6 Å². The number of unbranched alkanes of at least 4 members (excludes halogenated alkanes) is 2. The molecule has 0 aliphatic carbocycles. The molecule has 1 N–H and O–H groups in total. The number of ether oxygens (including phenoxy) is 6. The largest absolute Gasteiger partial charge is 0.493 e. The maximum atomic E-state index is 14.2. The van der Waals surface area contributed by atoms with Crippen molar-refractivity contribution in [3.63, 3.8) is 0 Å². The average molecular weight is 977 g/mol. The number of fused-ring (bicyclic) bond motifs is 4. The topological polar surface area (TPSA) is 213 Å². The number of rotatable bonds is 16. The number of aromatic nitrogens is 1. The van der Waals surface area contributed by atoms with E-state index in [9.17, 15) is 34.4 Å². The first-order valence-corrected chi connectivity index (χ1v) is 24.4. The fourth-order valence-electron chi connectivity index (χ4n) is 8.60. The number of methoxy groups -OCH3 is 2. The zero-order chi connectivity index (χ0) is 49.1. The van der Waals surface area contributed by atoms with Gasteiger partial charge in [0.25, 0.3) is 17.5 Å². The van der Waals surface area contributed by atoms with Crippen molar-refractivity contribution in [1.29, 1.82) is 0 Å². The highest BCUT2D eigenvalue weighted by molar-refractivity contribution is 8.76. The summed E-state index contributed by atoms with van der Waals surface area (Å²) in [6, 6.07) is 8.88. The first-order valence-electron chi connectivity index (χ1n) is 22.0. The van der Waals surface area contributed by atoms with Crippen LogP contribution in [0.2, 0.25) is 0 Å². The monoisotopic (exact) mass is 976 g/mol. The lowest BCUT2D eigenvalue weighted by Gasteiger charge is -2.40. The van der Waals surface area contributed by atoms with Gasteiger partial charge in [0.1, 0.15) is 23.4 Å². The number of benzene rings is 2. The number of anilines is 2. The van der Waals surface area contributed by atoms with Gasteiger partial charge in [0.2, 0.25) is 0 Å². The molecule has 3 atom stereocenters. The molecule has 0 bridgehead atoms. The summed E-state index contributed by atoms with van der Waals surface area (Å²) in [5.74, 6) is 0.848. The maximum Gasteiger partial charge on any atom is 0.416 e. The number of carbonyl (C=O) groups excluding carboxylic acids is 4. The summed E-state index contributed by atoms with van der Waals surface area (Å²) in [5.41, 5.74) is 0.370. The van der Waals surface area contributed by atoms with Crippen LogP contribution in [0, 0.1) is 10.1 Å². The van der Waals surface area contributed by atoms with Crippen LogP contribution in [0.15, 0.2) is 71.9 Å². The van der Waals surface area contributed by atoms with Crippen molar-refractivity contribution in [3.05, 3.63) is 88.1 Å². The minimum Gasteiger partial charge on any atom is -0.493 e. The Morgan fingerprint density at radius 1 is 0.897 bits per heavy atom. The Hall–Kier alpha value is -6.19. The Labute approximate surface area is 402 Å². The Bertz CT molecular complexity index is 2480. The summed E-state index contributed by atoms with van der Waals surface area (Å²) in [6.07, 6.45) is 0.824. The van der Waals surface area contributed by atoms with Gasteiger partial charge < -0.3 is 43.3 Å². The highest BCUT2D eigenvalue weighted by Gasteiger charge is 2.54. The second-order valence-electron chi connectivity index (χ2n) is 18.0. The zero-order valence-electron chi connectivity index (χ0n) is 38.9. The van der Waals surface area contributed by atoms with Crippen molar-refractivity contribution in [1.82, 2.24) is 14.8 Å². The second kappa shape index (κ2) is 20.6. The maximum absolute atomic E-state index is 14.2. The standard InChI is InChI=1S/C47H56N6O13S2/c1-28-18-31-27-50(44(57)66-46(3,4)5)34-21-38(36(61-7)19-32(34)41(54)49(31)25-28)63-14-10-9-11-15-64-39-22-35-33(20-37(39)62-8)42(55)51-26-29(2)23-47(51,6)43(56)52(35)45(58)65-16-17-67-68-40-13-12-30(24-48-40)53(59)60/h12-13,19-22,24,31,43,56H,1-2,9-11,14-18,23,25-27H2,3-8H3/t31?,43-,47-/m0/s1. The third-order valence-electron chi connectivity index (χ3n) is 11.8. The average Bonchev–Trinajstić information content (AvgIpc) is 3.78. The molecule has 0 saturated carbocycles. The normalized spacial score (nSPS) is 19.9. The lowest BCUT2D eigenvalue weighted by molar-refractivity contribution is -0.385. The van der Waals surface area contributed by atoms with Crippen LogP contribution in [0.5, 0.6) is 23.0 Å². The third kappa shape index (κ3) is 10.6. The molecule has 4 amide bonds. The van der Waals surface area contributed by atoms with Crippen molar-refractivity contribution in [3.8, 4) is 23.0 Å². The number of pyridine rings is 1. The smallest absolute Gasteiger partial charge is 0.416 e. The SMILES string of the molecule is C=C1CC2CN(C(=O)OC(C)(C)C)c3cc(OCCCCCOc4cc5c(cc4OC)C(=O)N4CC(=C)C[C@@]4(C)[C@H](O)N5C(=O)OCCSSc4ccc([N+](=O)[O-])cn4)c(OC)cc3C(=O)N2C1. The second-order valence-corrected chi connectivity index (χ2v) is 20.4. The van der Waals surface area contributed by atoms with E-state index >= 15 is 0 Å². The molecular formula is C47H56N6O13S2. The van der Waals surface area contributed by atoms with E-state index in [4.69, 9.17) is 28.4 Å². The molecule has 4 aliphatic rings. The Balaban J connectivity index is 1.00. The van der Waals surface area contributed by atoms with Gasteiger partial charge in [-0.3, -0.25) is 24.6 Å². The Kier molecular flexibility index (Phi) is 15.0. The molecule has 2 aromatic carbocycles. The van der Waals surface area contributed by atoms with Gasteiger partial charge in [0.05, 0.1) is 73.0 Å². The fraction of sp³-hybridized carbons (Fsp3) is 0.468. The van der Waals surface area contributed by atoms with Crippen molar-refractivity contribution >= 4 is 62.7 Å². The van der Waals surface area contributed by atoms with Crippen LogP contribution in [-0.2, 0) is 9.47 Å². The van der Waals surface area contributed by atoms with E-state index < -0.39 is 40.4 Å². The molecule has 0 radical (unpaired) electrons. The highest BCUT2D eigenvalue weighted by Crippen LogP contribution is 2.46. The van der Waals surface area contributed by atoms with E-state index in [1.807, 2.05) is 0 Å². The molecular weight excluding hydrogens is 921 g/mol. The number of nitrogens with zero attached hydrogens (tertiary/aromatic N) is 6. The molecule has 19 nitrogen and oxygen atoms in total. The van der Waals surface area contributed by atoms with E-state index in [2.05, 4.69) is 18.1 Å². The molecule has 0 spiro atoms. The number of amides is 4. The van der Waals surface area contributed by atoms with Crippen LogP contribution >= 0.6 is 21.6 Å². The summed E-state index contributed by atoms with van der Waals surface area (Å²) in [7, 11) is 5.51. The van der Waals surface area contributed by atoms with E-state index in [-0.39, 0.29) is 79.7 Å². The highest BCUT2D eigenvalue weighted by atomic mass is 33.1. The molecule has 3 aromatic rings. The lowest BCUT2D eigenvalue weighted by Crippen LogP contribution is -2.59. The first kappa shape index (κ1) is 49.7. The summed E-state index contributed by atoms with van der Waals surface area (Å²) >= 11 is 0. The molecule has 21 heteroatoms. The first-order chi connectivity index (χ1) is 32.3. The lowest BCUT2D eigenvalue weighted by atomic mass is 9.94. The van der Waals surface area contributed by atoms with Crippen molar-refractivity contribution in [2.45, 2.75) is 88.2 Å². The number of hydrogen-bond donors (Lipinski definition) is 1. The number of hydrogen-bond acceptors (Lipinski definition) is 16. The summed E-state index contributed by atoms with van der Waals surface area (Å²) in [4.78, 5) is 75.9. The number of aliphatic hydroxyl groups is 1. The number of aliphatic hydroxyl groups excluding tert-OH is 1. The molecule has 1 unspecified atom stereocenters. The van der Waals surface area contributed by atoms with E-state index in [0.717, 1.165) is 10.5 Å². The Morgan fingerprint density at radius 3 is 2.15 bits per heavy atom. The van der Waals surface area contributed by atoms with Crippen LogP contribution in [0.1, 0.15) is 80.5 Å². The summed E-state index contributed by atoms with van der Waals surface area (Å²) in [6.45, 7) is 16.5. The number of nitro groups is 1. The van der Waals surface area contributed by atoms with Crippen molar-refractivity contribution in [2.24, 2.45) is 0 Å². The molecule has 4 aliphatic heterocycles. The van der Waals surface area contributed by atoms with Crippen LogP contribution in [0.4, 0.5) is 26.7 Å². The summed E-state index contributed by atoms with van der Waals surface area (Å²) in [5, 5.41) is 23.5. The molecule has 2 saturated heterocycles. The van der Waals surface area contributed by atoms with Crippen LogP contribution in [0.3, 0.4) is 0 Å². The van der Waals surface area contributed by atoms with Crippen molar-refractivity contribution in [2.75, 3.05) is 69.2 Å². The van der Waals surface area contributed by atoms with Crippen LogP contribution in [0.25, 0.3) is 0 Å². The van der Waals surface area contributed by atoms with Gasteiger partial charge in [0, 0.05) is 37.0 Å². The third-order valence-corrected chi connectivity index (χ3v) is 14.1. The van der Waals surface area contributed by atoms with Gasteiger partial charge >= 0.3 is 12.2 Å². The van der Waals surface area contributed by atoms with Gasteiger partial charge in [-0.25, -0.2) is 19.5 Å². The van der Waals surface area contributed by atoms with Gasteiger partial charge in [-0.15, -0.1) is 0 Å². The van der Waals surface area contributed by atoms with E-state index in [0.29, 0.717) is 71.3 Å². The predicted octanol–water partition coefficient (Wildman–Crippen LogP) is 8.04. The summed E-state index contributed by atoms with van der Waals surface area (Å²) < 4.78 is 35.2. The van der Waals surface area contributed by atoms with Gasteiger partial charge in [-0.2, -0.15) is 0 Å². The van der Waals surface area contributed by atoms with Gasteiger partial charge in [-0.1, -0.05) is 35.1 Å². The zero-order valence-corrected chi connectivity index (χ0v) is 40.6. The molecule has 68 heavy (non-hydrogen) atoms. The Morgan fingerprint density at radius 2 is 1.54 bits per heavy atom.